The van der Waals surface area contributed by atoms with Crippen molar-refractivity contribution in [2.45, 2.75) is 85.3 Å². The molecular weight excluding hydrogens is 420 g/mol. The second kappa shape index (κ2) is 11.8. The van der Waals surface area contributed by atoms with Crippen molar-refractivity contribution in [2.24, 2.45) is 11.1 Å². The van der Waals surface area contributed by atoms with Gasteiger partial charge in [0.15, 0.2) is 0 Å². The first-order valence-corrected chi connectivity index (χ1v) is 11.3. The molecule has 0 saturated heterocycles. The highest BCUT2D eigenvalue weighted by molar-refractivity contribution is 7.88. The Morgan fingerprint density at radius 3 is 1.93 bits per heavy atom. The summed E-state index contributed by atoms with van der Waals surface area (Å²) in [6.45, 7) is 15.0. The van der Waals surface area contributed by atoms with Gasteiger partial charge in [-0.15, -0.1) is 12.4 Å². The summed E-state index contributed by atoms with van der Waals surface area (Å²) < 4.78 is 42.4. The van der Waals surface area contributed by atoms with E-state index >= 15 is 0 Å². The van der Waals surface area contributed by atoms with E-state index in [0.29, 0.717) is 0 Å². The molecule has 0 rings (SSSR count). The lowest BCUT2D eigenvalue weighted by atomic mass is 9.90. The fourth-order valence-corrected chi connectivity index (χ4v) is 3.76. The Bertz CT molecular complexity index is 601. The first kappa shape index (κ1) is 30.7. The number of nitrogens with zero attached hydrogens (tertiary/aromatic N) is 1. The summed E-state index contributed by atoms with van der Waals surface area (Å²) in [7, 11) is -2.03. The molecule has 0 aliphatic rings. The van der Waals surface area contributed by atoms with E-state index < -0.39 is 39.8 Å². The molecule has 0 aliphatic carbocycles. The van der Waals surface area contributed by atoms with E-state index in [0.717, 1.165) is 6.26 Å². The van der Waals surface area contributed by atoms with Crippen molar-refractivity contribution in [1.82, 2.24) is 4.31 Å². The number of halogens is 1. The van der Waals surface area contributed by atoms with Crippen molar-refractivity contribution >= 4 is 28.4 Å². The van der Waals surface area contributed by atoms with E-state index in [1.54, 1.807) is 27.7 Å². The molecule has 0 amide bonds. The molecule has 8 nitrogen and oxygen atoms in total. The van der Waals surface area contributed by atoms with Gasteiger partial charge in [0.2, 0.25) is 10.0 Å². The zero-order valence-corrected chi connectivity index (χ0v) is 21.1. The minimum absolute atomic E-state index is 0. The van der Waals surface area contributed by atoms with Crippen molar-refractivity contribution in [3.8, 4) is 0 Å². The summed E-state index contributed by atoms with van der Waals surface area (Å²) in [4.78, 5) is 12.2. The van der Waals surface area contributed by atoms with Crippen LogP contribution in [0.15, 0.2) is 0 Å². The monoisotopic (exact) mass is 460 g/mol. The molecule has 0 aromatic rings. The van der Waals surface area contributed by atoms with E-state index in [4.69, 9.17) is 19.9 Å². The van der Waals surface area contributed by atoms with Crippen LogP contribution in [-0.4, -0.2) is 75.1 Å². The molecule has 2 N–H and O–H groups in total. The highest BCUT2D eigenvalue weighted by Crippen LogP contribution is 2.25. The van der Waals surface area contributed by atoms with Crippen molar-refractivity contribution < 1.29 is 27.4 Å². The zero-order valence-electron chi connectivity index (χ0n) is 19.5. The van der Waals surface area contributed by atoms with E-state index in [1.165, 1.54) is 11.4 Å². The fraction of sp³-hybridized carbons (Fsp3) is 0.947. The summed E-state index contributed by atoms with van der Waals surface area (Å²) in [6.07, 6.45) is -0.172. The molecule has 29 heavy (non-hydrogen) atoms. The fourth-order valence-electron chi connectivity index (χ4n) is 2.33. The number of carbonyl (C=O) groups is 1. The van der Waals surface area contributed by atoms with Gasteiger partial charge < -0.3 is 19.9 Å². The van der Waals surface area contributed by atoms with Crippen LogP contribution in [0.2, 0.25) is 0 Å². The van der Waals surface area contributed by atoms with Crippen LogP contribution in [0.25, 0.3) is 0 Å². The van der Waals surface area contributed by atoms with E-state index in [9.17, 15) is 13.2 Å². The van der Waals surface area contributed by atoms with Gasteiger partial charge in [0.1, 0.15) is 18.8 Å². The number of sulfonamides is 1. The largest absolute Gasteiger partial charge is 0.462 e. The predicted octanol–water partition coefficient (Wildman–Crippen LogP) is 2.19. The molecule has 0 aromatic heterocycles. The van der Waals surface area contributed by atoms with Crippen LogP contribution in [-0.2, 0) is 29.0 Å². The molecule has 0 aliphatic heterocycles. The Hall–Kier alpha value is -0.450. The normalized spacial score (nSPS) is 17.2. The van der Waals surface area contributed by atoms with Gasteiger partial charge in [0, 0.05) is 19.2 Å². The third-order valence-corrected chi connectivity index (χ3v) is 6.19. The van der Waals surface area contributed by atoms with Crippen LogP contribution >= 0.6 is 12.4 Å². The molecule has 0 unspecified atom stereocenters. The van der Waals surface area contributed by atoms with Gasteiger partial charge >= 0.3 is 5.97 Å². The van der Waals surface area contributed by atoms with Crippen LogP contribution in [0.1, 0.15) is 55.4 Å². The zero-order chi connectivity index (χ0) is 22.5. The van der Waals surface area contributed by atoms with Crippen LogP contribution in [0.3, 0.4) is 0 Å². The molecule has 10 heteroatoms. The molecule has 4 atom stereocenters. The average Bonchev–Trinajstić information content (AvgIpc) is 2.51. The number of esters is 1. The van der Waals surface area contributed by atoms with Crippen LogP contribution in [0, 0.1) is 5.41 Å². The van der Waals surface area contributed by atoms with Crippen molar-refractivity contribution in [1.29, 1.82) is 0 Å². The molecular formula is C19H41ClN2O6S. The number of nitrogens with two attached hydrogens (primary N) is 1. The average molecular weight is 461 g/mol. The van der Waals surface area contributed by atoms with Crippen molar-refractivity contribution in [3.63, 3.8) is 0 Å². The smallest absolute Gasteiger partial charge is 0.325 e. The van der Waals surface area contributed by atoms with Gasteiger partial charge in [0.25, 0.3) is 0 Å². The summed E-state index contributed by atoms with van der Waals surface area (Å²) in [5, 5.41) is 0. The SMILES string of the molecule is CO[C@H](C)[C@H](N)C(=O)OC[C@H](CN(C(C)(C)C)S(C)(=O)=O)O[C@@H](C)C(C)(C)C.Cl. The first-order chi connectivity index (χ1) is 12.4. The lowest BCUT2D eigenvalue weighted by Crippen LogP contribution is -2.51. The summed E-state index contributed by atoms with van der Waals surface area (Å²) in [6, 6.07) is -0.931. The van der Waals surface area contributed by atoms with Crippen LogP contribution in [0.5, 0.6) is 0 Å². The third kappa shape index (κ3) is 10.9. The maximum atomic E-state index is 12.3. The Kier molecular flexibility index (Phi) is 12.5. The minimum atomic E-state index is -3.49. The summed E-state index contributed by atoms with van der Waals surface area (Å²) >= 11 is 0. The highest BCUT2D eigenvalue weighted by Gasteiger charge is 2.35. The Balaban J connectivity index is 0. The number of hydrogen-bond acceptors (Lipinski definition) is 7. The minimum Gasteiger partial charge on any atom is -0.462 e. The second-order valence-corrected chi connectivity index (χ2v) is 11.2. The Morgan fingerprint density at radius 1 is 1.10 bits per heavy atom. The van der Waals surface area contributed by atoms with E-state index in [-0.39, 0.29) is 37.1 Å². The van der Waals surface area contributed by atoms with Crippen molar-refractivity contribution in [2.75, 3.05) is 26.5 Å². The molecule has 0 radical (unpaired) electrons. The lowest BCUT2D eigenvalue weighted by molar-refractivity contribution is -0.156. The van der Waals surface area contributed by atoms with Gasteiger partial charge in [0.05, 0.1) is 18.5 Å². The van der Waals surface area contributed by atoms with Crippen LogP contribution in [0.4, 0.5) is 0 Å². The first-order valence-electron chi connectivity index (χ1n) is 9.49. The maximum Gasteiger partial charge on any atom is 0.325 e. The van der Waals surface area contributed by atoms with Gasteiger partial charge in [-0.3, -0.25) is 4.79 Å². The van der Waals surface area contributed by atoms with Crippen LogP contribution < -0.4 is 5.73 Å². The van der Waals surface area contributed by atoms with Gasteiger partial charge in [-0.25, -0.2) is 8.42 Å². The Labute approximate surface area is 183 Å². The van der Waals surface area contributed by atoms with Gasteiger partial charge in [-0.1, -0.05) is 20.8 Å². The molecule has 0 spiro atoms. The third-order valence-electron chi connectivity index (χ3n) is 4.70. The molecule has 0 aromatic carbocycles. The topological polar surface area (TPSA) is 108 Å². The molecule has 0 saturated carbocycles. The summed E-state index contributed by atoms with van der Waals surface area (Å²) in [5.74, 6) is -0.618. The van der Waals surface area contributed by atoms with E-state index in [2.05, 4.69) is 0 Å². The standard InChI is InChI=1S/C19H40N2O6S.ClH/c1-13(25-9)16(20)17(22)26-12-15(27-14(2)18(3,4)5)11-21(19(6,7)8)28(10,23)24;/h13-16H,11-12,20H2,1-10H3;1H/t13-,14+,15+,16+;/m1./s1. The number of carbonyl (C=O) groups excluding carboxylic acids is 1. The lowest BCUT2D eigenvalue weighted by Gasteiger charge is -2.38. The molecule has 176 valence electrons. The molecule has 0 fully saturated rings. The number of hydrogen-bond donors (Lipinski definition) is 1. The highest BCUT2D eigenvalue weighted by atomic mass is 35.5. The predicted molar refractivity (Wildman–Crippen MR) is 118 cm³/mol. The molecule has 0 bridgehead atoms. The Morgan fingerprint density at radius 2 is 1.59 bits per heavy atom. The summed E-state index contributed by atoms with van der Waals surface area (Å²) in [5.41, 5.74) is 5.01. The second-order valence-electron chi connectivity index (χ2n) is 9.33. The number of methoxy groups -OCH3 is 1. The quantitative estimate of drug-likeness (QED) is 0.497. The van der Waals surface area contributed by atoms with E-state index in [1.807, 2.05) is 27.7 Å². The van der Waals surface area contributed by atoms with Crippen molar-refractivity contribution in [3.05, 3.63) is 0 Å². The molecule has 0 heterocycles. The van der Waals surface area contributed by atoms with Gasteiger partial charge in [-0.05, 0) is 40.0 Å². The number of rotatable bonds is 10. The van der Waals surface area contributed by atoms with Gasteiger partial charge in [-0.2, -0.15) is 4.31 Å². The number of ether oxygens (including phenoxy) is 3. The maximum absolute atomic E-state index is 12.3.